The van der Waals surface area contributed by atoms with Crippen LogP contribution < -0.4 is 5.32 Å². The number of nitro groups is 1. The molecule has 1 heterocycles. The summed E-state index contributed by atoms with van der Waals surface area (Å²) >= 11 is 7.08. The number of nitriles is 1. The van der Waals surface area contributed by atoms with Crippen LogP contribution in [-0.4, -0.2) is 4.92 Å². The van der Waals surface area contributed by atoms with Crippen LogP contribution in [0.15, 0.2) is 30.3 Å². The molecular formula is C12H8ClN3O2S. The Morgan fingerprint density at radius 3 is 2.84 bits per heavy atom. The van der Waals surface area contributed by atoms with Crippen LogP contribution in [0.3, 0.4) is 0 Å². The first kappa shape index (κ1) is 13.3. The standard InChI is InChI=1S/C12H8ClN3O2S/c13-8-1-4-11(12(5-8)16(17)18)15-7-10-3-2-9(6-14)19-10/h1-5,15H,7H2. The van der Waals surface area contributed by atoms with E-state index in [1.165, 1.54) is 17.4 Å². The molecule has 0 aliphatic heterocycles. The molecule has 0 unspecified atom stereocenters. The van der Waals surface area contributed by atoms with Gasteiger partial charge in [0.15, 0.2) is 0 Å². The molecule has 1 aromatic heterocycles. The maximum Gasteiger partial charge on any atom is 0.293 e. The van der Waals surface area contributed by atoms with Gasteiger partial charge in [0.25, 0.3) is 5.69 Å². The molecule has 2 rings (SSSR count). The van der Waals surface area contributed by atoms with Crippen LogP contribution in [0.25, 0.3) is 0 Å². The Balaban J connectivity index is 2.15. The van der Waals surface area contributed by atoms with Crippen LogP contribution in [0.1, 0.15) is 9.75 Å². The third-order valence-electron chi connectivity index (χ3n) is 2.38. The van der Waals surface area contributed by atoms with Gasteiger partial charge in [-0.3, -0.25) is 10.1 Å². The molecule has 0 radical (unpaired) electrons. The zero-order valence-electron chi connectivity index (χ0n) is 9.59. The second-order valence-electron chi connectivity index (χ2n) is 3.65. The van der Waals surface area contributed by atoms with Gasteiger partial charge in [-0.05, 0) is 24.3 Å². The van der Waals surface area contributed by atoms with Crippen LogP contribution in [0.4, 0.5) is 11.4 Å². The fourth-order valence-corrected chi connectivity index (χ4v) is 2.43. The summed E-state index contributed by atoms with van der Waals surface area (Å²) in [7, 11) is 0. The predicted molar refractivity (Wildman–Crippen MR) is 74.5 cm³/mol. The van der Waals surface area contributed by atoms with E-state index in [0.717, 1.165) is 4.88 Å². The summed E-state index contributed by atoms with van der Waals surface area (Å²) in [6.45, 7) is 0.425. The summed E-state index contributed by atoms with van der Waals surface area (Å²) in [4.78, 5) is 12.0. The molecule has 0 atom stereocenters. The van der Waals surface area contributed by atoms with Crippen LogP contribution in [-0.2, 0) is 6.54 Å². The SMILES string of the molecule is N#Cc1ccc(CNc2ccc(Cl)cc2[N+](=O)[O-])s1. The highest BCUT2D eigenvalue weighted by atomic mass is 35.5. The van der Waals surface area contributed by atoms with Crippen molar-refractivity contribution in [3.8, 4) is 6.07 Å². The molecule has 19 heavy (non-hydrogen) atoms. The van der Waals surface area contributed by atoms with Crippen LogP contribution in [0, 0.1) is 21.4 Å². The molecule has 0 spiro atoms. The Morgan fingerprint density at radius 1 is 1.42 bits per heavy atom. The molecular weight excluding hydrogens is 286 g/mol. The van der Waals surface area contributed by atoms with Gasteiger partial charge in [-0.1, -0.05) is 11.6 Å². The largest absolute Gasteiger partial charge is 0.375 e. The minimum atomic E-state index is -0.483. The Kier molecular flexibility index (Phi) is 4.00. The van der Waals surface area contributed by atoms with Gasteiger partial charge >= 0.3 is 0 Å². The van der Waals surface area contributed by atoms with Crippen molar-refractivity contribution < 1.29 is 4.92 Å². The average molecular weight is 294 g/mol. The number of rotatable bonds is 4. The van der Waals surface area contributed by atoms with Gasteiger partial charge in [0, 0.05) is 22.5 Å². The first-order valence-electron chi connectivity index (χ1n) is 5.27. The number of anilines is 1. The van der Waals surface area contributed by atoms with E-state index < -0.39 is 4.92 Å². The lowest BCUT2D eigenvalue weighted by Gasteiger charge is -2.05. The first-order valence-corrected chi connectivity index (χ1v) is 6.46. The number of nitro benzene ring substituents is 1. The van der Waals surface area contributed by atoms with E-state index in [-0.39, 0.29) is 5.69 Å². The van der Waals surface area contributed by atoms with Crippen molar-refractivity contribution in [2.75, 3.05) is 5.32 Å². The second kappa shape index (κ2) is 5.69. The molecule has 1 aromatic carbocycles. The third kappa shape index (κ3) is 3.22. The van der Waals surface area contributed by atoms with Crippen molar-refractivity contribution in [2.45, 2.75) is 6.54 Å². The average Bonchev–Trinajstić information content (AvgIpc) is 2.85. The summed E-state index contributed by atoms with van der Waals surface area (Å²) in [5, 5.41) is 22.9. The molecule has 0 bridgehead atoms. The summed E-state index contributed by atoms with van der Waals surface area (Å²) < 4.78 is 0. The highest BCUT2D eigenvalue weighted by molar-refractivity contribution is 7.12. The van der Waals surface area contributed by atoms with Crippen molar-refractivity contribution in [3.63, 3.8) is 0 Å². The van der Waals surface area contributed by atoms with Crippen molar-refractivity contribution in [2.24, 2.45) is 0 Å². The molecule has 2 aromatic rings. The summed E-state index contributed by atoms with van der Waals surface area (Å²) in [5.41, 5.74) is 0.339. The van der Waals surface area contributed by atoms with E-state index in [0.29, 0.717) is 22.1 Å². The maximum absolute atomic E-state index is 10.9. The van der Waals surface area contributed by atoms with E-state index in [4.69, 9.17) is 16.9 Å². The molecule has 5 nitrogen and oxygen atoms in total. The molecule has 96 valence electrons. The Labute approximate surface area is 118 Å². The van der Waals surface area contributed by atoms with E-state index in [9.17, 15) is 10.1 Å². The Hall–Kier alpha value is -2.10. The lowest BCUT2D eigenvalue weighted by atomic mass is 10.2. The van der Waals surface area contributed by atoms with Gasteiger partial charge in [-0.15, -0.1) is 11.3 Å². The predicted octanol–water partition coefficient (Wildman–Crippen LogP) is 3.79. The van der Waals surface area contributed by atoms with Gasteiger partial charge in [0.2, 0.25) is 0 Å². The highest BCUT2D eigenvalue weighted by Gasteiger charge is 2.14. The minimum Gasteiger partial charge on any atom is -0.375 e. The number of benzene rings is 1. The van der Waals surface area contributed by atoms with E-state index in [1.54, 1.807) is 18.2 Å². The van der Waals surface area contributed by atoms with Crippen LogP contribution in [0.2, 0.25) is 5.02 Å². The van der Waals surface area contributed by atoms with Gasteiger partial charge in [-0.2, -0.15) is 5.26 Å². The van der Waals surface area contributed by atoms with Crippen LogP contribution >= 0.6 is 22.9 Å². The smallest absolute Gasteiger partial charge is 0.293 e. The quantitative estimate of drug-likeness (QED) is 0.687. The third-order valence-corrected chi connectivity index (χ3v) is 3.61. The molecule has 0 aliphatic rings. The number of nitrogens with zero attached hydrogens (tertiary/aromatic N) is 2. The molecule has 0 aliphatic carbocycles. The second-order valence-corrected chi connectivity index (χ2v) is 5.25. The Morgan fingerprint density at radius 2 is 2.21 bits per heavy atom. The zero-order valence-corrected chi connectivity index (χ0v) is 11.2. The van der Waals surface area contributed by atoms with Gasteiger partial charge in [0.1, 0.15) is 16.6 Å². The maximum atomic E-state index is 10.9. The highest BCUT2D eigenvalue weighted by Crippen LogP contribution is 2.28. The topological polar surface area (TPSA) is 79.0 Å². The molecule has 0 amide bonds. The Bertz CT molecular complexity index is 663. The summed E-state index contributed by atoms with van der Waals surface area (Å²) in [5.74, 6) is 0. The zero-order chi connectivity index (χ0) is 13.8. The van der Waals surface area contributed by atoms with Gasteiger partial charge in [-0.25, -0.2) is 0 Å². The number of halogens is 1. The van der Waals surface area contributed by atoms with E-state index in [2.05, 4.69) is 5.32 Å². The lowest BCUT2D eigenvalue weighted by Crippen LogP contribution is -2.01. The monoisotopic (exact) mass is 293 g/mol. The van der Waals surface area contributed by atoms with Gasteiger partial charge < -0.3 is 5.32 Å². The van der Waals surface area contributed by atoms with Crippen molar-refractivity contribution >= 4 is 34.3 Å². The molecule has 0 saturated carbocycles. The van der Waals surface area contributed by atoms with Crippen LogP contribution in [0.5, 0.6) is 0 Å². The molecule has 0 fully saturated rings. The number of thiophene rings is 1. The fourth-order valence-electron chi connectivity index (χ4n) is 1.52. The molecule has 7 heteroatoms. The summed E-state index contributed by atoms with van der Waals surface area (Å²) in [6.07, 6.45) is 0. The summed E-state index contributed by atoms with van der Waals surface area (Å²) in [6, 6.07) is 10.0. The number of nitrogens with one attached hydrogen (secondary N) is 1. The van der Waals surface area contributed by atoms with E-state index in [1.807, 2.05) is 12.1 Å². The van der Waals surface area contributed by atoms with Crippen molar-refractivity contribution in [1.29, 1.82) is 5.26 Å². The number of hydrogen-bond donors (Lipinski definition) is 1. The lowest BCUT2D eigenvalue weighted by molar-refractivity contribution is -0.383. The van der Waals surface area contributed by atoms with Crippen molar-refractivity contribution in [1.82, 2.24) is 0 Å². The minimum absolute atomic E-state index is 0.0652. The van der Waals surface area contributed by atoms with Crippen molar-refractivity contribution in [3.05, 3.63) is 55.2 Å². The normalized spacial score (nSPS) is 9.89. The molecule has 1 N–H and O–H groups in total. The fraction of sp³-hybridized carbons (Fsp3) is 0.0833. The number of hydrogen-bond acceptors (Lipinski definition) is 5. The van der Waals surface area contributed by atoms with Gasteiger partial charge in [0.05, 0.1) is 4.92 Å². The van der Waals surface area contributed by atoms with E-state index >= 15 is 0 Å². The first-order chi connectivity index (χ1) is 9.10. The molecule has 0 saturated heterocycles.